The molecule has 30 heavy (non-hydrogen) atoms. The number of H-pyrrole nitrogens is 1. The van der Waals surface area contributed by atoms with E-state index in [-0.39, 0.29) is 5.97 Å². The summed E-state index contributed by atoms with van der Waals surface area (Å²) in [5, 5.41) is 17.3. The molecule has 1 aliphatic heterocycles. The van der Waals surface area contributed by atoms with Gasteiger partial charge >= 0.3 is 11.9 Å². The van der Waals surface area contributed by atoms with Crippen LogP contribution in [0.5, 0.6) is 0 Å². The zero-order valence-corrected chi connectivity index (χ0v) is 17.9. The van der Waals surface area contributed by atoms with Gasteiger partial charge in [-0.2, -0.15) is 5.21 Å². The second kappa shape index (κ2) is 12.0. The van der Waals surface area contributed by atoms with E-state index in [0.29, 0.717) is 43.9 Å². The first-order valence-corrected chi connectivity index (χ1v) is 11.2. The number of esters is 2. The van der Waals surface area contributed by atoms with Crippen molar-refractivity contribution in [3.05, 3.63) is 5.82 Å². The molecule has 4 atom stereocenters. The Bertz CT molecular complexity index is 704. The van der Waals surface area contributed by atoms with Crippen molar-refractivity contribution in [2.45, 2.75) is 77.1 Å². The van der Waals surface area contributed by atoms with E-state index in [2.05, 4.69) is 25.9 Å². The minimum atomic E-state index is -1.34. The molecule has 2 fully saturated rings. The van der Waals surface area contributed by atoms with Crippen LogP contribution in [0, 0.1) is 17.8 Å². The summed E-state index contributed by atoms with van der Waals surface area (Å²) in [4.78, 5) is 23.3. The third-order valence-electron chi connectivity index (χ3n) is 6.28. The van der Waals surface area contributed by atoms with Crippen molar-refractivity contribution in [3.63, 3.8) is 0 Å². The van der Waals surface area contributed by atoms with Gasteiger partial charge in [-0.15, -0.1) is 10.2 Å². The highest BCUT2D eigenvalue weighted by atomic mass is 16.5. The molecule has 0 aromatic carbocycles. The van der Waals surface area contributed by atoms with Crippen LogP contribution < -0.4 is 5.32 Å². The summed E-state index contributed by atoms with van der Waals surface area (Å²) in [6, 6.07) is -1.34. The molecular formula is C21H35N5O4. The molecule has 3 rings (SSSR count). The van der Waals surface area contributed by atoms with Crippen LogP contribution in [-0.2, 0) is 25.5 Å². The summed E-state index contributed by atoms with van der Waals surface area (Å²) < 4.78 is 19.0. The number of unbranched alkanes of at least 4 members (excludes halogenated alkanes) is 3. The summed E-state index contributed by atoms with van der Waals surface area (Å²) in [5.74, 6) is 1.51. The number of rotatable bonds is 11. The van der Waals surface area contributed by atoms with Crippen LogP contribution in [0.3, 0.4) is 0 Å². The molecule has 1 saturated heterocycles. The molecule has 2 aliphatic rings. The molecular weight excluding hydrogens is 386 g/mol. The van der Waals surface area contributed by atoms with Gasteiger partial charge in [0.2, 0.25) is 0 Å². The topological polar surface area (TPSA) is 119 Å². The Morgan fingerprint density at radius 2 is 1.90 bits per heavy atom. The van der Waals surface area contributed by atoms with Gasteiger partial charge in [-0.25, -0.2) is 0 Å². The summed E-state index contributed by atoms with van der Waals surface area (Å²) >= 11 is 0. The summed E-state index contributed by atoms with van der Waals surface area (Å²) in [6.45, 7) is 2.88. The first kappa shape index (κ1) is 21.2. The number of carbonyl (C=O) groups excluding carboxylic acids is 2. The monoisotopic (exact) mass is 422 g/mol. The number of piperidine rings is 1. The zero-order chi connectivity index (χ0) is 22.1. The van der Waals surface area contributed by atoms with E-state index in [1.54, 1.807) is 0 Å². The zero-order valence-electron chi connectivity index (χ0n) is 18.9. The maximum Gasteiger partial charge on any atom is 0.323 e. The molecule has 0 amide bonds. The Kier molecular flexibility index (Phi) is 8.47. The van der Waals surface area contributed by atoms with Crippen LogP contribution >= 0.6 is 0 Å². The molecule has 9 heteroatoms. The predicted octanol–water partition coefficient (Wildman–Crippen LogP) is 2.19. The number of aromatic nitrogens is 4. The molecule has 2 N–H and O–H groups in total. The fourth-order valence-electron chi connectivity index (χ4n) is 4.60. The van der Waals surface area contributed by atoms with Gasteiger partial charge in [0.25, 0.3) is 0 Å². The van der Waals surface area contributed by atoms with E-state index in [1.165, 1.54) is 13.3 Å². The SMILES string of the molecule is [2H][C@@]1(C(=O)OCCCCCCOC(C)=O)C[C@H]2C[C@@H](CCc3nn[nH]n3)CC[C@H]2CN1. The molecule has 0 spiro atoms. The van der Waals surface area contributed by atoms with Gasteiger partial charge in [-0.3, -0.25) is 9.59 Å². The second-order valence-corrected chi connectivity index (χ2v) is 8.52. The number of nitrogens with zero attached hydrogens (tertiary/aromatic N) is 3. The molecule has 1 aliphatic carbocycles. The summed E-state index contributed by atoms with van der Waals surface area (Å²) in [5.41, 5.74) is 0. The van der Waals surface area contributed by atoms with Crippen LogP contribution in [-0.4, -0.2) is 58.3 Å². The highest BCUT2D eigenvalue weighted by molar-refractivity contribution is 5.75. The third-order valence-corrected chi connectivity index (χ3v) is 6.28. The van der Waals surface area contributed by atoms with Gasteiger partial charge in [0, 0.05) is 13.3 Å². The third kappa shape index (κ3) is 7.34. The Morgan fingerprint density at radius 3 is 2.63 bits per heavy atom. The average Bonchev–Trinajstić information content (AvgIpc) is 3.27. The van der Waals surface area contributed by atoms with E-state index in [0.717, 1.165) is 57.2 Å². The Labute approximate surface area is 179 Å². The number of carbonyl (C=O) groups is 2. The number of ether oxygens (including phenoxy) is 2. The Hall–Kier alpha value is -2.03. The highest BCUT2D eigenvalue weighted by Crippen LogP contribution is 2.40. The van der Waals surface area contributed by atoms with E-state index < -0.39 is 12.0 Å². The van der Waals surface area contributed by atoms with Gasteiger partial charge in [0.1, 0.15) is 6.02 Å². The molecule has 1 aromatic heterocycles. The Morgan fingerprint density at radius 1 is 1.10 bits per heavy atom. The van der Waals surface area contributed by atoms with Crippen LogP contribution in [0.1, 0.15) is 71.9 Å². The molecule has 0 radical (unpaired) electrons. The lowest BCUT2D eigenvalue weighted by Crippen LogP contribution is -2.50. The van der Waals surface area contributed by atoms with Crippen molar-refractivity contribution >= 4 is 11.9 Å². The fourth-order valence-corrected chi connectivity index (χ4v) is 4.60. The molecule has 9 nitrogen and oxygen atoms in total. The van der Waals surface area contributed by atoms with Crippen molar-refractivity contribution in [2.75, 3.05) is 19.8 Å². The van der Waals surface area contributed by atoms with Gasteiger partial charge in [-0.1, -0.05) is 11.6 Å². The number of aromatic amines is 1. The minimum absolute atomic E-state index is 0.256. The van der Waals surface area contributed by atoms with Gasteiger partial charge in [-0.05, 0) is 75.7 Å². The van der Waals surface area contributed by atoms with Crippen molar-refractivity contribution in [3.8, 4) is 0 Å². The number of fused-ring (bicyclic) bond motifs is 1. The van der Waals surface area contributed by atoms with Crippen molar-refractivity contribution < 1.29 is 20.4 Å². The molecule has 0 unspecified atom stereocenters. The predicted molar refractivity (Wildman–Crippen MR) is 109 cm³/mol. The average molecular weight is 423 g/mol. The first-order chi connectivity index (χ1) is 15.0. The van der Waals surface area contributed by atoms with Gasteiger partial charge in [0.15, 0.2) is 5.82 Å². The highest BCUT2D eigenvalue weighted by Gasteiger charge is 2.38. The van der Waals surface area contributed by atoms with E-state index in [4.69, 9.17) is 10.8 Å². The maximum absolute atomic E-state index is 12.6. The minimum Gasteiger partial charge on any atom is -0.466 e. The maximum atomic E-state index is 12.6. The number of tetrazole rings is 1. The van der Waals surface area contributed by atoms with Gasteiger partial charge in [0.05, 0.1) is 14.6 Å². The fraction of sp³-hybridized carbons (Fsp3) is 0.857. The van der Waals surface area contributed by atoms with Crippen molar-refractivity contribution in [2.24, 2.45) is 17.8 Å². The summed E-state index contributed by atoms with van der Waals surface area (Å²) in [7, 11) is 0. The molecule has 1 aromatic rings. The van der Waals surface area contributed by atoms with E-state index in [9.17, 15) is 9.59 Å². The smallest absolute Gasteiger partial charge is 0.323 e. The van der Waals surface area contributed by atoms with Crippen LogP contribution in [0.2, 0.25) is 0 Å². The molecule has 1 saturated carbocycles. The molecule has 168 valence electrons. The van der Waals surface area contributed by atoms with Crippen LogP contribution in [0.15, 0.2) is 0 Å². The van der Waals surface area contributed by atoms with Crippen LogP contribution in [0.25, 0.3) is 0 Å². The lowest BCUT2D eigenvalue weighted by Gasteiger charge is -2.42. The largest absolute Gasteiger partial charge is 0.466 e. The number of aryl methyl sites for hydroxylation is 1. The van der Waals surface area contributed by atoms with Crippen molar-refractivity contribution in [1.82, 2.24) is 25.9 Å². The normalized spacial score (nSPS) is 29.0. The first-order valence-electron chi connectivity index (χ1n) is 11.7. The summed E-state index contributed by atoms with van der Waals surface area (Å²) in [6.07, 6.45) is 9.08. The quantitative estimate of drug-likeness (QED) is 0.411. The van der Waals surface area contributed by atoms with Gasteiger partial charge < -0.3 is 14.8 Å². The Balaban J connectivity index is 1.35. The standard InChI is InChI=1S/C21H35N5O4/c1-15(27)29-10-4-2-3-5-11-30-21(28)19-13-18-12-16(6-8-17(18)14-22-19)7-9-20-23-25-26-24-20/h16-19,22H,2-14H2,1H3,(H,23,24,25,26)/t16-,17+,18-,19+/m1/s1/i19D. The number of hydrogen-bond acceptors (Lipinski definition) is 8. The molecule has 2 heterocycles. The van der Waals surface area contributed by atoms with Crippen LogP contribution in [0.4, 0.5) is 0 Å². The second-order valence-electron chi connectivity index (χ2n) is 8.52. The van der Waals surface area contributed by atoms with Crippen molar-refractivity contribution in [1.29, 1.82) is 0 Å². The number of nitrogens with one attached hydrogen (secondary N) is 2. The van der Waals surface area contributed by atoms with E-state index in [1.807, 2.05) is 0 Å². The van der Waals surface area contributed by atoms with E-state index >= 15 is 0 Å². The molecule has 0 bridgehead atoms. The lowest BCUT2D eigenvalue weighted by atomic mass is 9.69. The number of hydrogen-bond donors (Lipinski definition) is 2. The lowest BCUT2D eigenvalue weighted by molar-refractivity contribution is -0.148.